The third kappa shape index (κ3) is 4.85. The average Bonchev–Trinajstić information content (AvgIpc) is 3.26. The molecule has 3 N–H and O–H groups in total. The molecule has 4 aromatic carbocycles. The van der Waals surface area contributed by atoms with Crippen molar-refractivity contribution in [3.05, 3.63) is 84.4 Å². The van der Waals surface area contributed by atoms with Gasteiger partial charge in [-0.3, -0.25) is 4.79 Å². The van der Waals surface area contributed by atoms with Crippen LogP contribution in [0.15, 0.2) is 83.8 Å². The van der Waals surface area contributed by atoms with Crippen molar-refractivity contribution in [1.82, 2.24) is 14.6 Å². The summed E-state index contributed by atoms with van der Waals surface area (Å²) in [5.41, 5.74) is 2.17. The van der Waals surface area contributed by atoms with E-state index in [1.807, 2.05) is 60.7 Å². The fraction of sp³-hybridized carbons (Fsp3) is 0.233. The maximum atomic E-state index is 12.8. The number of hydrogen-bond acceptors (Lipinski definition) is 4. The number of hydrogen-bond donors (Lipinski definition) is 3. The lowest BCUT2D eigenvalue weighted by atomic mass is 10.1. The lowest BCUT2D eigenvalue weighted by Crippen LogP contribution is -2.26. The summed E-state index contributed by atoms with van der Waals surface area (Å²) >= 11 is 0. The summed E-state index contributed by atoms with van der Waals surface area (Å²) in [4.78, 5) is 13.1. The Kier molecular flexibility index (Phi) is 7.35. The van der Waals surface area contributed by atoms with Crippen molar-refractivity contribution in [1.29, 1.82) is 0 Å². The standard InChI is InChI=1S/C30H31N3O4S/c1-2-33-25-15-7-6-14-23(25)28-26(33)18-17-24(29(28)34)30(35)31-19-8-3-9-20-32-38(36,37)27-16-10-12-21-11-4-5-13-22(21)27/h4-7,10-18,32,34H,2-3,8-9,19-20H2,1H3,(H,31,35). The highest BCUT2D eigenvalue weighted by Crippen LogP contribution is 2.37. The molecular formula is C30H31N3O4S. The van der Waals surface area contributed by atoms with Crippen LogP contribution in [0, 0.1) is 0 Å². The summed E-state index contributed by atoms with van der Waals surface area (Å²) in [6.45, 7) is 3.56. The number of aryl methyl sites for hydroxylation is 1. The molecule has 0 aliphatic heterocycles. The van der Waals surface area contributed by atoms with Gasteiger partial charge in [-0.15, -0.1) is 0 Å². The number of amides is 1. The molecule has 196 valence electrons. The zero-order chi connectivity index (χ0) is 26.7. The van der Waals surface area contributed by atoms with Crippen LogP contribution in [0.3, 0.4) is 0 Å². The quantitative estimate of drug-likeness (QED) is 0.207. The van der Waals surface area contributed by atoms with E-state index in [-0.39, 0.29) is 22.1 Å². The van der Waals surface area contributed by atoms with Gasteiger partial charge in [-0.05, 0) is 49.4 Å². The average molecular weight is 530 g/mol. The van der Waals surface area contributed by atoms with Crippen LogP contribution < -0.4 is 10.0 Å². The molecule has 0 aliphatic rings. The Morgan fingerprint density at radius 1 is 0.816 bits per heavy atom. The van der Waals surface area contributed by atoms with E-state index in [1.54, 1.807) is 18.2 Å². The van der Waals surface area contributed by atoms with E-state index in [2.05, 4.69) is 21.5 Å². The summed E-state index contributed by atoms with van der Waals surface area (Å²) in [6, 6.07) is 24.1. The number of nitrogens with zero attached hydrogens (tertiary/aromatic N) is 1. The van der Waals surface area contributed by atoms with Crippen LogP contribution in [-0.4, -0.2) is 37.1 Å². The monoisotopic (exact) mass is 529 g/mol. The second kappa shape index (κ2) is 10.8. The van der Waals surface area contributed by atoms with E-state index in [1.165, 1.54) is 0 Å². The Bertz CT molecular complexity index is 1740. The second-order valence-corrected chi connectivity index (χ2v) is 11.0. The van der Waals surface area contributed by atoms with Crippen LogP contribution in [0.25, 0.3) is 32.6 Å². The number of aromatic nitrogens is 1. The number of fused-ring (bicyclic) bond motifs is 4. The molecule has 0 radical (unpaired) electrons. The van der Waals surface area contributed by atoms with E-state index >= 15 is 0 Å². The first kappa shape index (κ1) is 25.8. The molecular weight excluding hydrogens is 498 g/mol. The van der Waals surface area contributed by atoms with Crippen LogP contribution in [-0.2, 0) is 16.6 Å². The zero-order valence-corrected chi connectivity index (χ0v) is 22.1. The third-order valence-corrected chi connectivity index (χ3v) is 8.46. The van der Waals surface area contributed by atoms with E-state index in [4.69, 9.17) is 0 Å². The minimum absolute atomic E-state index is 0.00811. The van der Waals surface area contributed by atoms with Crippen LogP contribution in [0.2, 0.25) is 0 Å². The Labute approximate surface area is 222 Å². The Morgan fingerprint density at radius 3 is 2.34 bits per heavy atom. The second-order valence-electron chi connectivity index (χ2n) is 9.31. The summed E-state index contributed by atoms with van der Waals surface area (Å²) < 4.78 is 30.4. The highest BCUT2D eigenvalue weighted by atomic mass is 32.2. The van der Waals surface area contributed by atoms with Gasteiger partial charge in [-0.2, -0.15) is 0 Å². The zero-order valence-electron chi connectivity index (χ0n) is 21.3. The van der Waals surface area contributed by atoms with Gasteiger partial charge >= 0.3 is 0 Å². The molecule has 1 heterocycles. The molecule has 8 heteroatoms. The molecule has 0 fully saturated rings. The minimum Gasteiger partial charge on any atom is -0.506 e. The van der Waals surface area contributed by atoms with Gasteiger partial charge in [0.2, 0.25) is 10.0 Å². The van der Waals surface area contributed by atoms with Gasteiger partial charge in [-0.25, -0.2) is 13.1 Å². The Balaban J connectivity index is 1.15. The normalized spacial score (nSPS) is 11.9. The highest BCUT2D eigenvalue weighted by molar-refractivity contribution is 7.89. The Morgan fingerprint density at radius 2 is 1.53 bits per heavy atom. The number of para-hydroxylation sites is 1. The molecule has 1 aromatic heterocycles. The molecule has 0 unspecified atom stereocenters. The van der Waals surface area contributed by atoms with Crippen molar-refractivity contribution in [3.8, 4) is 5.75 Å². The smallest absolute Gasteiger partial charge is 0.255 e. The van der Waals surface area contributed by atoms with Crippen molar-refractivity contribution in [2.45, 2.75) is 37.6 Å². The number of nitrogens with one attached hydrogen (secondary N) is 2. The first-order valence-electron chi connectivity index (χ1n) is 12.9. The van der Waals surface area contributed by atoms with E-state index in [0.717, 1.165) is 34.8 Å². The van der Waals surface area contributed by atoms with Crippen molar-refractivity contribution >= 4 is 48.5 Å². The fourth-order valence-corrected chi connectivity index (χ4v) is 6.39. The number of sulfonamides is 1. The van der Waals surface area contributed by atoms with E-state index in [9.17, 15) is 18.3 Å². The van der Waals surface area contributed by atoms with Crippen molar-refractivity contribution in [3.63, 3.8) is 0 Å². The van der Waals surface area contributed by atoms with E-state index < -0.39 is 10.0 Å². The number of benzene rings is 4. The van der Waals surface area contributed by atoms with Gasteiger partial charge < -0.3 is 15.0 Å². The predicted octanol–water partition coefficient (Wildman–Crippen LogP) is 5.55. The highest BCUT2D eigenvalue weighted by Gasteiger charge is 2.19. The number of phenolic OH excluding ortho intramolecular Hbond substituents is 1. The van der Waals surface area contributed by atoms with Gasteiger partial charge in [0, 0.05) is 35.9 Å². The minimum atomic E-state index is -3.62. The topological polar surface area (TPSA) is 100 Å². The molecule has 5 aromatic rings. The maximum absolute atomic E-state index is 12.8. The molecule has 0 atom stereocenters. The number of rotatable bonds is 10. The number of carbonyl (C=O) groups excluding carboxylic acids is 1. The van der Waals surface area contributed by atoms with Crippen LogP contribution >= 0.6 is 0 Å². The molecule has 0 aliphatic carbocycles. The van der Waals surface area contributed by atoms with Gasteiger partial charge in [0.15, 0.2) is 0 Å². The maximum Gasteiger partial charge on any atom is 0.255 e. The van der Waals surface area contributed by atoms with Crippen LogP contribution in [0.1, 0.15) is 36.5 Å². The number of unbranched alkanes of at least 4 members (excludes halogenated alkanes) is 2. The molecule has 0 saturated heterocycles. The predicted molar refractivity (Wildman–Crippen MR) is 152 cm³/mol. The SMILES string of the molecule is CCn1c2ccccc2c2c(O)c(C(=O)NCCCCCNS(=O)(=O)c3cccc4ccccc34)ccc21. The third-order valence-electron chi connectivity index (χ3n) is 6.94. The van der Waals surface area contributed by atoms with E-state index in [0.29, 0.717) is 36.7 Å². The van der Waals surface area contributed by atoms with Crippen molar-refractivity contribution < 1.29 is 18.3 Å². The summed E-state index contributed by atoms with van der Waals surface area (Å²) in [7, 11) is -3.62. The molecule has 0 spiro atoms. The molecule has 0 saturated carbocycles. The van der Waals surface area contributed by atoms with Gasteiger partial charge in [0.1, 0.15) is 5.75 Å². The van der Waals surface area contributed by atoms with Gasteiger partial charge in [0.25, 0.3) is 5.91 Å². The molecule has 0 bridgehead atoms. The first-order chi connectivity index (χ1) is 18.4. The first-order valence-corrected chi connectivity index (χ1v) is 14.4. The van der Waals surface area contributed by atoms with Gasteiger partial charge in [0.05, 0.1) is 21.4 Å². The molecule has 1 amide bonds. The lowest BCUT2D eigenvalue weighted by molar-refractivity contribution is 0.0950. The molecule has 38 heavy (non-hydrogen) atoms. The Hall–Kier alpha value is -3.88. The van der Waals surface area contributed by atoms with Crippen molar-refractivity contribution in [2.24, 2.45) is 0 Å². The number of carbonyl (C=O) groups is 1. The van der Waals surface area contributed by atoms with Gasteiger partial charge in [-0.1, -0.05) is 61.0 Å². The summed E-state index contributed by atoms with van der Waals surface area (Å²) in [5, 5.41) is 17.1. The molecule has 5 rings (SSSR count). The fourth-order valence-electron chi connectivity index (χ4n) is 5.08. The molecule has 7 nitrogen and oxygen atoms in total. The van der Waals surface area contributed by atoms with Crippen molar-refractivity contribution in [2.75, 3.05) is 13.1 Å². The largest absolute Gasteiger partial charge is 0.506 e. The lowest BCUT2D eigenvalue weighted by Gasteiger charge is -2.10. The number of aromatic hydroxyl groups is 1. The van der Waals surface area contributed by atoms with Crippen LogP contribution in [0.5, 0.6) is 5.75 Å². The summed E-state index contributed by atoms with van der Waals surface area (Å²) in [6.07, 6.45) is 2.08. The number of phenols is 1. The van der Waals surface area contributed by atoms with Crippen LogP contribution in [0.4, 0.5) is 0 Å². The summed E-state index contributed by atoms with van der Waals surface area (Å²) in [5.74, 6) is -0.333.